The summed E-state index contributed by atoms with van der Waals surface area (Å²) in [6, 6.07) is 2.93. The van der Waals surface area contributed by atoms with E-state index in [1.165, 1.54) is 13.0 Å². The van der Waals surface area contributed by atoms with Crippen molar-refractivity contribution in [2.45, 2.75) is 20.0 Å². The third-order valence-corrected chi connectivity index (χ3v) is 1.96. The second kappa shape index (κ2) is 3.75. The first-order valence-corrected chi connectivity index (χ1v) is 4.11. The Labute approximate surface area is 80.8 Å². The predicted octanol–water partition coefficient (Wildman–Crippen LogP) is 1.56. The molecule has 0 bridgehead atoms. The Morgan fingerprint density at radius 3 is 2.50 bits per heavy atom. The van der Waals surface area contributed by atoms with Crippen molar-refractivity contribution in [2.75, 3.05) is 0 Å². The first-order valence-electron chi connectivity index (χ1n) is 4.11. The fraction of sp³-hybridized carbons (Fsp3) is 0.300. The summed E-state index contributed by atoms with van der Waals surface area (Å²) in [5.41, 5.74) is 0.870. The lowest BCUT2D eigenvalue weighted by Gasteiger charge is -2.10. The zero-order valence-corrected chi connectivity index (χ0v) is 7.91. The molecule has 0 aliphatic rings. The number of halogens is 1. The number of aryl methyl sites for hydroxylation is 2. The van der Waals surface area contributed by atoms with Gasteiger partial charge in [0.1, 0.15) is 5.82 Å². The van der Waals surface area contributed by atoms with Gasteiger partial charge >= 0.3 is 5.97 Å². The topological polar surface area (TPSA) is 57.5 Å². The van der Waals surface area contributed by atoms with Gasteiger partial charge in [-0.15, -0.1) is 0 Å². The van der Waals surface area contributed by atoms with Crippen molar-refractivity contribution in [1.82, 2.24) is 0 Å². The Balaban J connectivity index is 3.26. The Kier molecular flexibility index (Phi) is 2.86. The van der Waals surface area contributed by atoms with Crippen molar-refractivity contribution in [1.29, 1.82) is 0 Å². The van der Waals surface area contributed by atoms with Crippen molar-refractivity contribution in [3.8, 4) is 0 Å². The molecule has 1 rings (SSSR count). The highest BCUT2D eigenvalue weighted by molar-refractivity contribution is 5.74. The molecule has 0 radical (unpaired) electrons. The molecule has 1 atom stereocenters. The molecule has 0 saturated carbocycles. The smallest absolute Gasteiger partial charge is 0.337 e. The van der Waals surface area contributed by atoms with Crippen molar-refractivity contribution in [2.24, 2.45) is 0 Å². The number of benzene rings is 1. The molecule has 2 N–H and O–H groups in total. The number of aliphatic carboxylic acids is 1. The lowest BCUT2D eigenvalue weighted by atomic mass is 10.0. The standard InChI is InChI=1S/C10H11FO3/c1-5-3-6(2)8(11)7(4-5)9(12)10(13)14/h3-4,9,12H,1-2H3,(H,13,14). The zero-order valence-electron chi connectivity index (χ0n) is 7.91. The molecule has 0 aromatic heterocycles. The van der Waals surface area contributed by atoms with Crippen LogP contribution in [0.4, 0.5) is 4.39 Å². The van der Waals surface area contributed by atoms with Crippen LogP contribution in [0.3, 0.4) is 0 Å². The van der Waals surface area contributed by atoms with Crippen LogP contribution in [0.15, 0.2) is 12.1 Å². The van der Waals surface area contributed by atoms with Gasteiger partial charge in [-0.05, 0) is 25.5 Å². The van der Waals surface area contributed by atoms with Gasteiger partial charge in [-0.1, -0.05) is 11.6 Å². The first-order chi connectivity index (χ1) is 6.43. The van der Waals surface area contributed by atoms with E-state index in [1.807, 2.05) is 0 Å². The summed E-state index contributed by atoms with van der Waals surface area (Å²) in [5, 5.41) is 17.7. The number of aliphatic hydroxyl groups is 1. The summed E-state index contributed by atoms with van der Waals surface area (Å²) >= 11 is 0. The number of carbonyl (C=O) groups is 1. The van der Waals surface area contributed by atoms with Crippen LogP contribution in [0.1, 0.15) is 22.8 Å². The largest absolute Gasteiger partial charge is 0.479 e. The maximum absolute atomic E-state index is 13.4. The molecule has 1 aromatic rings. The van der Waals surface area contributed by atoms with Gasteiger partial charge in [0.2, 0.25) is 0 Å². The molecular formula is C10H11FO3. The van der Waals surface area contributed by atoms with Crippen LogP contribution in [-0.2, 0) is 4.79 Å². The number of carboxylic acid groups (broad SMARTS) is 1. The first kappa shape index (κ1) is 10.7. The molecule has 0 aliphatic heterocycles. The molecule has 0 aliphatic carbocycles. The number of hydrogen-bond donors (Lipinski definition) is 2. The lowest BCUT2D eigenvalue weighted by molar-refractivity contribution is -0.147. The highest BCUT2D eigenvalue weighted by Gasteiger charge is 2.21. The van der Waals surface area contributed by atoms with Crippen molar-refractivity contribution >= 4 is 5.97 Å². The van der Waals surface area contributed by atoms with E-state index in [0.29, 0.717) is 5.56 Å². The average Bonchev–Trinajstić information content (AvgIpc) is 2.09. The molecule has 14 heavy (non-hydrogen) atoms. The van der Waals surface area contributed by atoms with Gasteiger partial charge in [-0.3, -0.25) is 0 Å². The van der Waals surface area contributed by atoms with E-state index in [0.717, 1.165) is 5.56 Å². The predicted molar refractivity (Wildman–Crippen MR) is 48.5 cm³/mol. The summed E-state index contributed by atoms with van der Waals surface area (Å²) in [4.78, 5) is 10.5. The normalized spacial score (nSPS) is 12.6. The van der Waals surface area contributed by atoms with Gasteiger partial charge in [-0.2, -0.15) is 0 Å². The molecule has 1 aromatic carbocycles. The maximum atomic E-state index is 13.4. The van der Waals surface area contributed by atoms with E-state index >= 15 is 0 Å². The molecular weight excluding hydrogens is 187 g/mol. The highest BCUT2D eigenvalue weighted by atomic mass is 19.1. The van der Waals surface area contributed by atoms with E-state index in [9.17, 15) is 14.3 Å². The van der Waals surface area contributed by atoms with Crippen molar-refractivity contribution < 1.29 is 19.4 Å². The number of hydrogen-bond acceptors (Lipinski definition) is 2. The van der Waals surface area contributed by atoms with E-state index in [2.05, 4.69) is 0 Å². The van der Waals surface area contributed by atoms with Gasteiger partial charge in [0.15, 0.2) is 6.10 Å². The summed E-state index contributed by atoms with van der Waals surface area (Å²) in [6.07, 6.45) is -1.80. The third-order valence-electron chi connectivity index (χ3n) is 1.96. The minimum absolute atomic E-state index is 0.185. The quantitative estimate of drug-likeness (QED) is 0.758. The number of carboxylic acids is 1. The molecule has 76 valence electrons. The molecule has 0 spiro atoms. The Morgan fingerprint density at radius 1 is 1.43 bits per heavy atom. The highest BCUT2D eigenvalue weighted by Crippen LogP contribution is 2.21. The lowest BCUT2D eigenvalue weighted by Crippen LogP contribution is -2.13. The Bertz CT molecular complexity index is 374. The molecule has 0 amide bonds. The summed E-state index contributed by atoms with van der Waals surface area (Å²) in [5.74, 6) is -2.11. The van der Waals surface area contributed by atoms with Crippen LogP contribution in [0.5, 0.6) is 0 Å². The van der Waals surface area contributed by atoms with Crippen LogP contribution >= 0.6 is 0 Å². The van der Waals surface area contributed by atoms with E-state index in [-0.39, 0.29) is 5.56 Å². The SMILES string of the molecule is Cc1cc(C)c(F)c(C(O)C(=O)O)c1. The molecule has 0 saturated heterocycles. The van der Waals surface area contributed by atoms with Crippen molar-refractivity contribution in [3.63, 3.8) is 0 Å². The molecule has 1 unspecified atom stereocenters. The molecule has 0 fully saturated rings. The van der Waals surface area contributed by atoms with Gasteiger partial charge in [0.25, 0.3) is 0 Å². The number of aliphatic hydroxyl groups excluding tert-OH is 1. The van der Waals surface area contributed by atoms with Crippen LogP contribution in [0, 0.1) is 19.7 Å². The van der Waals surface area contributed by atoms with Gasteiger partial charge < -0.3 is 10.2 Å². The summed E-state index contributed by atoms with van der Waals surface area (Å²) in [7, 11) is 0. The fourth-order valence-corrected chi connectivity index (χ4v) is 1.31. The van der Waals surface area contributed by atoms with E-state index in [4.69, 9.17) is 5.11 Å². The maximum Gasteiger partial charge on any atom is 0.337 e. The van der Waals surface area contributed by atoms with E-state index < -0.39 is 17.9 Å². The zero-order chi connectivity index (χ0) is 10.9. The van der Waals surface area contributed by atoms with Gasteiger partial charge in [-0.25, -0.2) is 9.18 Å². The monoisotopic (exact) mass is 198 g/mol. The third kappa shape index (κ3) is 1.90. The Morgan fingerprint density at radius 2 is 2.00 bits per heavy atom. The Hall–Kier alpha value is -1.42. The van der Waals surface area contributed by atoms with Crippen LogP contribution < -0.4 is 0 Å². The van der Waals surface area contributed by atoms with Crippen LogP contribution in [0.2, 0.25) is 0 Å². The fourth-order valence-electron chi connectivity index (χ4n) is 1.31. The van der Waals surface area contributed by atoms with Gasteiger partial charge in [0.05, 0.1) is 0 Å². The summed E-state index contributed by atoms with van der Waals surface area (Å²) in [6.45, 7) is 3.24. The second-order valence-corrected chi connectivity index (χ2v) is 3.23. The average molecular weight is 198 g/mol. The number of rotatable bonds is 2. The second-order valence-electron chi connectivity index (χ2n) is 3.23. The molecule has 3 nitrogen and oxygen atoms in total. The van der Waals surface area contributed by atoms with Crippen molar-refractivity contribution in [3.05, 3.63) is 34.6 Å². The molecule has 0 heterocycles. The minimum atomic E-state index is -1.80. The van der Waals surface area contributed by atoms with Crippen LogP contribution in [0.25, 0.3) is 0 Å². The van der Waals surface area contributed by atoms with Gasteiger partial charge in [0, 0.05) is 5.56 Å². The van der Waals surface area contributed by atoms with E-state index in [1.54, 1.807) is 13.0 Å². The van der Waals surface area contributed by atoms with Crippen LogP contribution in [-0.4, -0.2) is 16.2 Å². The molecule has 4 heteroatoms. The minimum Gasteiger partial charge on any atom is -0.479 e. The summed E-state index contributed by atoms with van der Waals surface area (Å²) < 4.78 is 13.4.